The summed E-state index contributed by atoms with van der Waals surface area (Å²) in [7, 11) is 8.97. The molecule has 0 radical (unpaired) electrons. The van der Waals surface area contributed by atoms with E-state index in [0.29, 0.717) is 150 Å². The molecule has 4 aromatic heterocycles. The Morgan fingerprint density at radius 3 is 1.52 bits per heavy atom. The second-order valence-corrected chi connectivity index (χ2v) is 29.6. The van der Waals surface area contributed by atoms with E-state index >= 15 is 0 Å². The first kappa shape index (κ1) is 78.0. The van der Waals surface area contributed by atoms with Crippen LogP contribution in [0.3, 0.4) is 0 Å². The van der Waals surface area contributed by atoms with Gasteiger partial charge in [0.2, 0.25) is 0 Å². The number of aliphatic hydroxyl groups is 1. The zero-order chi connectivity index (χ0) is 77.5. The maximum atomic E-state index is 14.9. The van der Waals surface area contributed by atoms with Gasteiger partial charge in [-0.2, -0.15) is 53.4 Å². The van der Waals surface area contributed by atoms with Crippen LogP contribution in [0.2, 0.25) is 0 Å². The number of rotatable bonds is 11. The molecule has 4 fully saturated rings. The van der Waals surface area contributed by atoms with Crippen LogP contribution >= 0.6 is 0 Å². The molecule has 14 rings (SSSR count). The fourth-order valence-electron chi connectivity index (χ4n) is 17.1. The van der Waals surface area contributed by atoms with Gasteiger partial charge in [-0.25, -0.2) is 4.39 Å². The number of carbonyl (C=O) groups is 4. The highest BCUT2D eigenvalue weighted by Gasteiger charge is 2.62. The standard InChI is InChI=1S/C26H32F5N3O3.C26H28F3N5O2.C25H29F4N3O2.2H2/c1-5-17(2)37-19-7-6-18(16-20(19)36-4)23(35)33-12-10-24(11-13-33)21-8-9-22(25(27,28)26(29,30)31)34(21)15-14-32(24)3;1-17-14-18(4-5-20(17)19-15-30-32(3)16-19)24(36)33-10-8-25(9-11-33)22-7-6-21(23(35)26(27,28)29)34(22)13-12-31(25)2;1-16-14-17(4-5-18(16)24(34)6-3-7-24)22(33)31-10-8-23(9-11-31)21-19(26)15-20(25(27,28)29)32(21)13-12-30(23)2;;/h6-9,16-17H,5,10-15H2,1-4H3;4-7,14-16H,8-13H2,1-3H3;4-5,14-15,34H,3,6-13H2,1-2H3;2*1H/t17-;;;;/m0..../s1. The van der Waals surface area contributed by atoms with Crippen molar-refractivity contribution in [2.24, 2.45) is 7.05 Å². The van der Waals surface area contributed by atoms with Crippen LogP contribution in [-0.4, -0.2) is 187 Å². The first-order valence-corrected chi connectivity index (χ1v) is 36.1. The minimum Gasteiger partial charge on any atom is -0.493 e. The Hall–Kier alpha value is -8.61. The number of methoxy groups -OCH3 is 1. The van der Waals surface area contributed by atoms with Crippen LogP contribution in [0.1, 0.15) is 168 Å². The van der Waals surface area contributed by atoms with E-state index in [2.05, 4.69) is 10.00 Å². The van der Waals surface area contributed by atoms with Gasteiger partial charge in [0, 0.05) is 134 Å². The summed E-state index contributed by atoms with van der Waals surface area (Å²) >= 11 is 0. The van der Waals surface area contributed by atoms with E-state index in [9.17, 15) is 77.0 Å². The number of fused-ring (bicyclic) bond motifs is 6. The smallest absolute Gasteiger partial charge is 0.459 e. The van der Waals surface area contributed by atoms with Crippen LogP contribution in [0, 0.1) is 19.7 Å². The van der Waals surface area contributed by atoms with E-state index < -0.39 is 69.7 Å². The van der Waals surface area contributed by atoms with Crippen LogP contribution in [0.15, 0.2) is 97.3 Å². The number of hydrogen-bond donors (Lipinski definition) is 1. The highest BCUT2D eigenvalue weighted by atomic mass is 19.4. The summed E-state index contributed by atoms with van der Waals surface area (Å²) in [6.45, 7) is 11.7. The maximum absolute atomic E-state index is 14.9. The van der Waals surface area contributed by atoms with Gasteiger partial charge in [-0.1, -0.05) is 19.1 Å². The molecular weight excluding hydrogens is 1420 g/mol. The fraction of sp³-hybridized carbons (Fsp3) is 0.519. The Balaban J connectivity index is 0.000000173. The number of piperidine rings is 3. The van der Waals surface area contributed by atoms with Crippen molar-refractivity contribution in [3.05, 3.63) is 171 Å². The summed E-state index contributed by atoms with van der Waals surface area (Å²) in [5.41, 5.74) is 2.26. The number of ketones is 1. The lowest BCUT2D eigenvalue weighted by molar-refractivity contribution is -0.292. The SMILES string of the molecule is CC[C@H](C)Oc1ccc(C(=O)N2CCC3(CC2)c2ccc(C(F)(F)C(F)(F)F)n2CCN3C)cc1OC.Cc1cc(C(=O)N2CCC3(CC2)c2c(F)cc(C(F)(F)F)n2CCN3C)ccc1C1(O)CCC1.Cc1cc(C(=O)N2CCC3(CC2)c2ccc(C(=O)C(F)(F)F)n2CCN3C)ccc1-c1cnn(C)c1.[HH].[HH]. The third kappa shape index (κ3) is 14.2. The van der Waals surface area contributed by atoms with E-state index in [1.54, 1.807) is 62.0 Å². The number of Topliss-reactive ketones (excluding diaryl/α,β-unsaturated/α-hetero) is 1. The molecule has 3 spiro atoms. The third-order valence-corrected chi connectivity index (χ3v) is 23.6. The number of aromatic nitrogens is 5. The number of aryl methyl sites for hydroxylation is 3. The number of amides is 3. The summed E-state index contributed by atoms with van der Waals surface area (Å²) in [4.78, 5) is 63.1. The average molecular weight is 1510 g/mol. The molecule has 107 heavy (non-hydrogen) atoms. The van der Waals surface area contributed by atoms with Crippen molar-refractivity contribution in [3.8, 4) is 22.6 Å². The predicted molar refractivity (Wildman–Crippen MR) is 377 cm³/mol. The van der Waals surface area contributed by atoms with Gasteiger partial charge in [0.15, 0.2) is 11.5 Å². The topological polar surface area (TPSA) is 159 Å². The quantitative estimate of drug-likeness (QED) is 0.0970. The number of carbonyl (C=O) groups excluding carboxylic acids is 4. The van der Waals surface area contributed by atoms with Crippen molar-refractivity contribution in [2.45, 2.75) is 164 Å². The van der Waals surface area contributed by atoms with Gasteiger partial charge < -0.3 is 43.0 Å². The summed E-state index contributed by atoms with van der Waals surface area (Å²) in [6, 6.07) is 21.8. The fourth-order valence-corrected chi connectivity index (χ4v) is 17.1. The van der Waals surface area contributed by atoms with E-state index in [1.807, 2.05) is 96.1 Å². The average Bonchev–Trinajstić information content (AvgIpc) is 1.61. The molecular formula is C77H93F12N11O7. The molecule has 18 nitrogen and oxygen atoms in total. The highest BCUT2D eigenvalue weighted by molar-refractivity contribution is 5.99. The third-order valence-electron chi connectivity index (χ3n) is 23.6. The van der Waals surface area contributed by atoms with Gasteiger partial charge in [0.1, 0.15) is 11.5 Å². The number of benzene rings is 3. The molecule has 10 heterocycles. The zero-order valence-corrected chi connectivity index (χ0v) is 61.2. The van der Waals surface area contributed by atoms with E-state index in [4.69, 9.17) is 9.47 Å². The molecule has 7 aliphatic rings. The molecule has 1 aliphatic carbocycles. The molecule has 6 aliphatic heterocycles. The minimum absolute atomic E-state index is 0. The summed E-state index contributed by atoms with van der Waals surface area (Å²) in [5, 5.41) is 14.9. The van der Waals surface area contributed by atoms with Gasteiger partial charge in [0.25, 0.3) is 23.5 Å². The Morgan fingerprint density at radius 1 is 0.561 bits per heavy atom. The molecule has 30 heteroatoms. The number of halogens is 12. The maximum Gasteiger partial charge on any atom is 0.459 e. The molecule has 1 saturated carbocycles. The Labute approximate surface area is 615 Å². The summed E-state index contributed by atoms with van der Waals surface area (Å²) in [6.07, 6.45) is -5.61. The second-order valence-electron chi connectivity index (χ2n) is 29.6. The number of ether oxygens (including phenoxy) is 2. The predicted octanol–water partition coefficient (Wildman–Crippen LogP) is 14.3. The summed E-state index contributed by atoms with van der Waals surface area (Å²) in [5.74, 6) is -7.03. The number of hydrogen-bond acceptors (Lipinski definition) is 11. The lowest BCUT2D eigenvalue weighted by Gasteiger charge is -2.50. The molecule has 7 aromatic rings. The van der Waals surface area contributed by atoms with Crippen molar-refractivity contribution in [3.63, 3.8) is 0 Å². The van der Waals surface area contributed by atoms with Gasteiger partial charge in [-0.15, -0.1) is 0 Å². The molecule has 582 valence electrons. The van der Waals surface area contributed by atoms with Gasteiger partial charge >= 0.3 is 24.5 Å². The highest BCUT2D eigenvalue weighted by Crippen LogP contribution is 2.51. The first-order valence-electron chi connectivity index (χ1n) is 36.1. The zero-order valence-electron chi connectivity index (χ0n) is 61.2. The van der Waals surface area contributed by atoms with E-state index in [1.165, 1.54) is 23.8 Å². The monoisotopic (exact) mass is 1510 g/mol. The molecule has 3 saturated heterocycles. The van der Waals surface area contributed by atoms with Crippen molar-refractivity contribution in [1.82, 2.24) is 52.9 Å². The van der Waals surface area contributed by atoms with Crippen molar-refractivity contribution >= 4 is 23.5 Å². The first-order chi connectivity index (χ1) is 50.3. The van der Waals surface area contributed by atoms with Crippen LogP contribution in [0.25, 0.3) is 11.1 Å². The van der Waals surface area contributed by atoms with E-state index in [-0.39, 0.29) is 51.2 Å². The van der Waals surface area contributed by atoms with Gasteiger partial charge in [0.05, 0.1) is 58.7 Å². The second kappa shape index (κ2) is 29.1. The Kier molecular flexibility index (Phi) is 21.2. The molecule has 0 unspecified atom stereocenters. The molecule has 1 N–H and O–H groups in total. The Morgan fingerprint density at radius 2 is 1.05 bits per heavy atom. The summed E-state index contributed by atoms with van der Waals surface area (Å²) < 4.78 is 179. The van der Waals surface area contributed by atoms with Gasteiger partial charge in [-0.05, 0) is 195 Å². The number of likely N-dealkylation sites (tertiary alicyclic amines) is 3. The van der Waals surface area contributed by atoms with Crippen molar-refractivity contribution in [1.29, 1.82) is 0 Å². The number of nitrogens with zero attached hydrogens (tertiary/aromatic N) is 11. The van der Waals surface area contributed by atoms with Crippen molar-refractivity contribution in [2.75, 3.05) is 87.2 Å². The van der Waals surface area contributed by atoms with Crippen LogP contribution in [0.5, 0.6) is 11.5 Å². The van der Waals surface area contributed by atoms with Crippen LogP contribution in [0.4, 0.5) is 52.7 Å². The largest absolute Gasteiger partial charge is 0.493 e. The molecule has 1 atom stereocenters. The normalized spacial score (nSPS) is 19.6. The van der Waals surface area contributed by atoms with E-state index in [0.717, 1.165) is 68.7 Å². The molecule has 3 aromatic carbocycles. The van der Waals surface area contributed by atoms with Crippen LogP contribution < -0.4 is 9.47 Å². The number of likely N-dealkylation sites (N-methyl/N-ethyl adjacent to an activating group) is 3. The molecule has 3 amide bonds. The Bertz CT molecular complexity index is 4500. The van der Waals surface area contributed by atoms with Crippen LogP contribution in [-0.2, 0) is 61.0 Å². The minimum atomic E-state index is -5.68. The lowest BCUT2D eigenvalue weighted by Crippen LogP contribution is -2.57. The lowest BCUT2D eigenvalue weighted by atomic mass is 9.73. The number of alkyl halides is 11. The van der Waals surface area contributed by atoms with Gasteiger partial charge in [-0.3, -0.25) is 38.6 Å². The molecule has 0 bridgehead atoms. The van der Waals surface area contributed by atoms with Crippen molar-refractivity contribution < 1.29 is 89.3 Å².